The van der Waals surface area contributed by atoms with Crippen molar-refractivity contribution in [1.82, 2.24) is 4.31 Å². The standard InChI is InChI=1S/C10H19NO5S/c1-4-11(17(14,15)7(2)3)9-6-16-5-8(9)10(12)13/h7-9H,4-6H2,1-3H3,(H,12,13). The smallest absolute Gasteiger partial charge is 0.310 e. The van der Waals surface area contributed by atoms with Crippen LogP contribution in [0.2, 0.25) is 0 Å². The summed E-state index contributed by atoms with van der Waals surface area (Å²) >= 11 is 0. The Morgan fingerprint density at radius 2 is 2.06 bits per heavy atom. The molecule has 0 spiro atoms. The normalized spacial score (nSPS) is 25.7. The Morgan fingerprint density at radius 3 is 2.47 bits per heavy atom. The molecule has 100 valence electrons. The maximum absolute atomic E-state index is 12.1. The molecule has 0 bridgehead atoms. The zero-order chi connectivity index (χ0) is 13.2. The molecule has 1 fully saturated rings. The zero-order valence-corrected chi connectivity index (χ0v) is 11.1. The van der Waals surface area contributed by atoms with Crippen LogP contribution in [-0.4, -0.2) is 54.8 Å². The van der Waals surface area contributed by atoms with Crippen molar-refractivity contribution in [2.45, 2.75) is 32.1 Å². The molecule has 0 amide bonds. The second-order valence-electron chi connectivity index (χ2n) is 4.35. The Kier molecular flexibility index (Phi) is 4.51. The zero-order valence-electron chi connectivity index (χ0n) is 10.3. The van der Waals surface area contributed by atoms with Gasteiger partial charge in [-0.25, -0.2) is 8.42 Å². The maximum Gasteiger partial charge on any atom is 0.310 e. The fraction of sp³-hybridized carbons (Fsp3) is 0.900. The van der Waals surface area contributed by atoms with Crippen molar-refractivity contribution in [1.29, 1.82) is 0 Å². The van der Waals surface area contributed by atoms with Crippen LogP contribution >= 0.6 is 0 Å². The van der Waals surface area contributed by atoms with Gasteiger partial charge in [0.1, 0.15) is 0 Å². The molecule has 1 aliphatic rings. The quantitative estimate of drug-likeness (QED) is 0.764. The van der Waals surface area contributed by atoms with Gasteiger partial charge in [0.2, 0.25) is 10.0 Å². The number of rotatable bonds is 5. The van der Waals surface area contributed by atoms with E-state index in [1.165, 1.54) is 4.31 Å². The van der Waals surface area contributed by atoms with Gasteiger partial charge in [0, 0.05) is 6.54 Å². The molecule has 17 heavy (non-hydrogen) atoms. The third kappa shape index (κ3) is 2.78. The van der Waals surface area contributed by atoms with E-state index in [0.29, 0.717) is 0 Å². The fourth-order valence-corrected chi connectivity index (χ4v) is 3.42. The highest BCUT2D eigenvalue weighted by molar-refractivity contribution is 7.89. The lowest BCUT2D eigenvalue weighted by atomic mass is 10.0. The van der Waals surface area contributed by atoms with E-state index in [9.17, 15) is 13.2 Å². The van der Waals surface area contributed by atoms with Crippen LogP contribution in [0.15, 0.2) is 0 Å². The lowest BCUT2D eigenvalue weighted by Crippen LogP contribution is -2.48. The Morgan fingerprint density at radius 1 is 1.47 bits per heavy atom. The summed E-state index contributed by atoms with van der Waals surface area (Å²) in [6, 6.07) is -0.593. The second-order valence-corrected chi connectivity index (χ2v) is 6.79. The van der Waals surface area contributed by atoms with E-state index in [1.807, 2.05) is 0 Å². The van der Waals surface area contributed by atoms with E-state index in [4.69, 9.17) is 9.84 Å². The average Bonchev–Trinajstić information content (AvgIpc) is 2.67. The summed E-state index contributed by atoms with van der Waals surface area (Å²) in [6.07, 6.45) is 0. The van der Waals surface area contributed by atoms with Crippen LogP contribution in [0.3, 0.4) is 0 Å². The number of sulfonamides is 1. The van der Waals surface area contributed by atoms with E-state index < -0.39 is 33.2 Å². The van der Waals surface area contributed by atoms with E-state index in [0.717, 1.165) is 0 Å². The maximum atomic E-state index is 12.1. The lowest BCUT2D eigenvalue weighted by molar-refractivity contribution is -0.142. The number of carboxylic acid groups (broad SMARTS) is 1. The van der Waals surface area contributed by atoms with Gasteiger partial charge in [0.15, 0.2) is 0 Å². The second kappa shape index (κ2) is 5.32. The van der Waals surface area contributed by atoms with Crippen LogP contribution in [0, 0.1) is 5.92 Å². The van der Waals surface area contributed by atoms with Gasteiger partial charge in [-0.3, -0.25) is 4.79 Å². The van der Waals surface area contributed by atoms with Crippen molar-refractivity contribution in [2.24, 2.45) is 5.92 Å². The molecule has 0 aliphatic carbocycles. The summed E-state index contributed by atoms with van der Waals surface area (Å²) in [5.41, 5.74) is 0. The van der Waals surface area contributed by atoms with Gasteiger partial charge < -0.3 is 9.84 Å². The number of likely N-dealkylation sites (N-methyl/N-ethyl adjacent to an activating group) is 1. The van der Waals surface area contributed by atoms with Crippen molar-refractivity contribution in [3.63, 3.8) is 0 Å². The van der Waals surface area contributed by atoms with Crippen molar-refractivity contribution in [3.8, 4) is 0 Å². The summed E-state index contributed by atoms with van der Waals surface area (Å²) < 4.78 is 30.5. The molecular formula is C10H19NO5S. The molecule has 1 aliphatic heterocycles. The molecule has 7 heteroatoms. The van der Waals surface area contributed by atoms with Crippen LogP contribution in [-0.2, 0) is 19.6 Å². The number of nitrogens with zero attached hydrogens (tertiary/aromatic N) is 1. The molecule has 1 rings (SSSR count). The number of ether oxygens (including phenoxy) is 1. The Balaban J connectivity index is 2.99. The van der Waals surface area contributed by atoms with Gasteiger partial charge in [-0.05, 0) is 13.8 Å². The van der Waals surface area contributed by atoms with Gasteiger partial charge in [0.25, 0.3) is 0 Å². The lowest BCUT2D eigenvalue weighted by Gasteiger charge is -2.29. The monoisotopic (exact) mass is 265 g/mol. The first-order chi connectivity index (χ1) is 7.82. The highest BCUT2D eigenvalue weighted by Gasteiger charge is 2.42. The molecule has 2 atom stereocenters. The first-order valence-electron chi connectivity index (χ1n) is 5.63. The minimum atomic E-state index is -3.45. The molecule has 0 radical (unpaired) electrons. The number of carboxylic acids is 1. The molecular weight excluding hydrogens is 246 g/mol. The summed E-state index contributed by atoms with van der Waals surface area (Å²) in [7, 11) is -3.45. The van der Waals surface area contributed by atoms with Gasteiger partial charge >= 0.3 is 5.97 Å². The average molecular weight is 265 g/mol. The van der Waals surface area contributed by atoms with Crippen molar-refractivity contribution < 1.29 is 23.1 Å². The predicted molar refractivity (Wildman–Crippen MR) is 62.2 cm³/mol. The third-order valence-corrected chi connectivity index (χ3v) is 5.35. The minimum absolute atomic E-state index is 0.0735. The molecule has 0 aromatic heterocycles. The highest BCUT2D eigenvalue weighted by atomic mass is 32.2. The molecule has 0 aromatic carbocycles. The van der Waals surface area contributed by atoms with Gasteiger partial charge in [0.05, 0.1) is 30.4 Å². The van der Waals surface area contributed by atoms with Crippen molar-refractivity contribution in [3.05, 3.63) is 0 Å². The predicted octanol–water partition coefficient (Wildman–Crippen LogP) is 0.146. The van der Waals surface area contributed by atoms with E-state index in [1.54, 1.807) is 20.8 Å². The molecule has 0 saturated carbocycles. The third-order valence-electron chi connectivity index (χ3n) is 2.97. The molecule has 1 saturated heterocycles. The largest absolute Gasteiger partial charge is 0.481 e. The van der Waals surface area contributed by atoms with E-state index >= 15 is 0 Å². The summed E-state index contributed by atoms with van der Waals surface area (Å²) in [5.74, 6) is -1.78. The van der Waals surface area contributed by atoms with Crippen LogP contribution < -0.4 is 0 Å². The number of hydrogen-bond donors (Lipinski definition) is 1. The number of aliphatic carboxylic acids is 1. The van der Waals surface area contributed by atoms with Gasteiger partial charge in [-0.1, -0.05) is 6.92 Å². The molecule has 1 heterocycles. The first kappa shape index (κ1) is 14.4. The Hall–Kier alpha value is -0.660. The Labute approximate surface area is 102 Å². The summed E-state index contributed by atoms with van der Waals surface area (Å²) in [6.45, 7) is 5.36. The van der Waals surface area contributed by atoms with E-state index in [2.05, 4.69) is 0 Å². The molecule has 1 N–H and O–H groups in total. The topological polar surface area (TPSA) is 83.9 Å². The van der Waals surface area contributed by atoms with Gasteiger partial charge in [-0.15, -0.1) is 0 Å². The van der Waals surface area contributed by atoms with Crippen LogP contribution in [0.25, 0.3) is 0 Å². The SMILES string of the molecule is CCN(C1COCC1C(=O)O)S(=O)(=O)C(C)C. The number of carbonyl (C=O) groups is 1. The molecule has 6 nitrogen and oxygen atoms in total. The van der Waals surface area contributed by atoms with Crippen LogP contribution in [0.1, 0.15) is 20.8 Å². The van der Waals surface area contributed by atoms with E-state index in [-0.39, 0.29) is 19.8 Å². The molecule has 0 aromatic rings. The number of hydrogen-bond acceptors (Lipinski definition) is 4. The van der Waals surface area contributed by atoms with Crippen LogP contribution in [0.4, 0.5) is 0 Å². The first-order valence-corrected chi connectivity index (χ1v) is 7.13. The minimum Gasteiger partial charge on any atom is -0.481 e. The van der Waals surface area contributed by atoms with Gasteiger partial charge in [-0.2, -0.15) is 4.31 Å². The highest BCUT2D eigenvalue weighted by Crippen LogP contribution is 2.24. The summed E-state index contributed by atoms with van der Waals surface area (Å²) in [4.78, 5) is 11.0. The Bertz CT molecular complexity index is 378. The fourth-order valence-electron chi connectivity index (χ4n) is 1.94. The van der Waals surface area contributed by atoms with Crippen molar-refractivity contribution in [2.75, 3.05) is 19.8 Å². The van der Waals surface area contributed by atoms with Crippen LogP contribution in [0.5, 0.6) is 0 Å². The van der Waals surface area contributed by atoms with Crippen molar-refractivity contribution >= 4 is 16.0 Å². The summed E-state index contributed by atoms with van der Waals surface area (Å²) in [5, 5.41) is 8.47. The molecule has 2 unspecified atom stereocenters.